The van der Waals surface area contributed by atoms with E-state index in [0.29, 0.717) is 29.7 Å². The Bertz CT molecular complexity index is 957. The van der Waals surface area contributed by atoms with Crippen LogP contribution in [0.25, 0.3) is 5.57 Å². The molecule has 1 aliphatic rings. The lowest BCUT2D eigenvalue weighted by Crippen LogP contribution is -2.36. The molecule has 2 aromatic carbocycles. The van der Waals surface area contributed by atoms with Gasteiger partial charge in [0.15, 0.2) is 0 Å². The molecule has 30 heavy (non-hydrogen) atoms. The lowest BCUT2D eigenvalue weighted by atomic mass is 9.80. The van der Waals surface area contributed by atoms with Crippen LogP contribution in [-0.4, -0.2) is 29.8 Å². The molecule has 0 aromatic heterocycles. The van der Waals surface area contributed by atoms with Gasteiger partial charge in [-0.3, -0.25) is 0 Å². The number of aliphatic carboxylic acids is 1. The van der Waals surface area contributed by atoms with Crippen molar-refractivity contribution in [1.82, 2.24) is 0 Å². The maximum Gasteiger partial charge on any atom is 0.339 e. The predicted molar refractivity (Wildman–Crippen MR) is 115 cm³/mol. The summed E-state index contributed by atoms with van der Waals surface area (Å²) in [7, 11) is 1.57. The average molecular weight is 406 g/mol. The number of benzene rings is 2. The lowest BCUT2D eigenvalue weighted by Gasteiger charge is -2.35. The summed E-state index contributed by atoms with van der Waals surface area (Å²) in [6.45, 7) is 2.07. The van der Waals surface area contributed by atoms with Gasteiger partial charge in [0.2, 0.25) is 0 Å². The summed E-state index contributed by atoms with van der Waals surface area (Å²) in [5.41, 5.74) is 1.25. The summed E-state index contributed by atoms with van der Waals surface area (Å²) in [5.74, 6) is -0.773. The van der Waals surface area contributed by atoms with Gasteiger partial charge in [-0.1, -0.05) is 43.7 Å². The lowest BCUT2D eigenvalue weighted by molar-refractivity contribution is -0.132. The zero-order chi connectivity index (χ0) is 21.6. The number of rotatable bonds is 8. The molecule has 0 heterocycles. The number of carbonyl (C=O) groups is 2. The molecule has 0 spiro atoms. The minimum atomic E-state index is -0.990. The van der Waals surface area contributed by atoms with Crippen LogP contribution in [0.4, 0.5) is 0 Å². The molecular formula is C25H26O5. The van der Waals surface area contributed by atoms with Crippen molar-refractivity contribution in [3.63, 3.8) is 0 Å². The molecular weight excluding hydrogens is 380 g/mol. The highest BCUT2D eigenvalue weighted by Gasteiger charge is 2.37. The molecule has 0 radical (unpaired) electrons. The van der Waals surface area contributed by atoms with Crippen molar-refractivity contribution in [1.29, 1.82) is 0 Å². The van der Waals surface area contributed by atoms with E-state index in [0.717, 1.165) is 18.4 Å². The fraction of sp³-hybridized carbons (Fsp3) is 0.280. The van der Waals surface area contributed by atoms with E-state index in [1.165, 1.54) is 0 Å². The van der Waals surface area contributed by atoms with Crippen LogP contribution in [0.2, 0.25) is 0 Å². The second-order valence-corrected chi connectivity index (χ2v) is 7.36. The molecule has 1 aliphatic carbocycles. The molecule has 2 aromatic rings. The molecule has 1 atom stereocenters. The van der Waals surface area contributed by atoms with Crippen molar-refractivity contribution in [3.05, 3.63) is 83.4 Å². The highest BCUT2D eigenvalue weighted by atomic mass is 16.6. The first kappa shape index (κ1) is 21.4. The van der Waals surface area contributed by atoms with Crippen molar-refractivity contribution in [2.75, 3.05) is 7.11 Å². The predicted octanol–water partition coefficient (Wildman–Crippen LogP) is 5.28. The summed E-state index contributed by atoms with van der Waals surface area (Å²) >= 11 is 0. The molecule has 5 nitrogen and oxygen atoms in total. The molecule has 1 N–H and O–H groups in total. The van der Waals surface area contributed by atoms with E-state index in [4.69, 9.17) is 9.47 Å². The second kappa shape index (κ2) is 9.44. The Morgan fingerprint density at radius 1 is 1.07 bits per heavy atom. The van der Waals surface area contributed by atoms with Crippen LogP contribution in [0.5, 0.6) is 5.75 Å². The summed E-state index contributed by atoms with van der Waals surface area (Å²) < 4.78 is 11.2. The van der Waals surface area contributed by atoms with Gasteiger partial charge in [-0.25, -0.2) is 9.59 Å². The zero-order valence-electron chi connectivity index (χ0n) is 17.3. The Morgan fingerprint density at radius 2 is 1.77 bits per heavy atom. The third-order valence-corrected chi connectivity index (χ3v) is 5.28. The Kier molecular flexibility index (Phi) is 6.72. The number of carbonyl (C=O) groups excluding carboxylic acids is 1. The van der Waals surface area contributed by atoms with Gasteiger partial charge in [-0.05, 0) is 60.4 Å². The Labute approximate surface area is 176 Å². The van der Waals surface area contributed by atoms with Crippen molar-refractivity contribution in [2.24, 2.45) is 0 Å². The van der Waals surface area contributed by atoms with Crippen LogP contribution in [-0.2, 0) is 9.53 Å². The fourth-order valence-corrected chi connectivity index (χ4v) is 3.63. The van der Waals surface area contributed by atoms with Crippen LogP contribution >= 0.6 is 0 Å². The summed E-state index contributed by atoms with van der Waals surface area (Å²) in [4.78, 5) is 24.7. The van der Waals surface area contributed by atoms with Crippen molar-refractivity contribution < 1.29 is 24.2 Å². The molecule has 0 fully saturated rings. The Balaban J connectivity index is 1.94. The molecule has 0 saturated heterocycles. The van der Waals surface area contributed by atoms with Crippen LogP contribution in [0, 0.1) is 0 Å². The molecule has 3 rings (SSSR count). The van der Waals surface area contributed by atoms with Crippen molar-refractivity contribution >= 4 is 17.5 Å². The van der Waals surface area contributed by atoms with E-state index in [1.807, 2.05) is 30.3 Å². The van der Waals surface area contributed by atoms with Gasteiger partial charge in [0.1, 0.15) is 11.4 Å². The fourth-order valence-electron chi connectivity index (χ4n) is 3.63. The normalized spacial score (nSPS) is 18.2. The van der Waals surface area contributed by atoms with Crippen LogP contribution < -0.4 is 4.74 Å². The number of carboxylic acid groups (broad SMARTS) is 1. The average Bonchev–Trinajstić information content (AvgIpc) is 2.78. The number of ether oxygens (including phenoxy) is 2. The first-order valence-corrected chi connectivity index (χ1v) is 10.1. The highest BCUT2D eigenvalue weighted by molar-refractivity contribution is 6.00. The number of carboxylic acids is 1. The maximum absolute atomic E-state index is 12.9. The van der Waals surface area contributed by atoms with Crippen LogP contribution in [0.15, 0.2) is 72.3 Å². The first-order chi connectivity index (χ1) is 14.5. The quantitative estimate of drug-likeness (QED) is 0.604. The van der Waals surface area contributed by atoms with E-state index < -0.39 is 17.5 Å². The number of unbranched alkanes of at least 4 members (excludes halogenated alkanes) is 1. The van der Waals surface area contributed by atoms with E-state index in [-0.39, 0.29) is 5.57 Å². The molecule has 0 saturated carbocycles. The number of esters is 1. The minimum Gasteiger partial charge on any atom is -0.497 e. The van der Waals surface area contributed by atoms with Crippen molar-refractivity contribution in [3.8, 4) is 5.75 Å². The smallest absolute Gasteiger partial charge is 0.339 e. The van der Waals surface area contributed by atoms with Crippen LogP contribution in [0.3, 0.4) is 0 Å². The first-order valence-electron chi connectivity index (χ1n) is 10.1. The third kappa shape index (κ3) is 4.79. The second-order valence-electron chi connectivity index (χ2n) is 7.36. The molecule has 0 bridgehead atoms. The minimum absolute atomic E-state index is 0.230. The van der Waals surface area contributed by atoms with E-state index >= 15 is 0 Å². The standard InChI is InChI=1S/C25H26O5/c1-3-4-15-25(30-24(28)19-10-12-20(29-2)13-11-19)16-14-21(23(26)27)22(17-25)18-8-6-5-7-9-18/h5-14,16H,3-4,15,17H2,1-2H3,(H,26,27). The Hall–Kier alpha value is -3.34. The number of hydrogen-bond donors (Lipinski definition) is 1. The zero-order valence-corrected chi connectivity index (χ0v) is 17.3. The molecule has 0 amide bonds. The molecule has 156 valence electrons. The van der Waals surface area contributed by atoms with Gasteiger partial charge in [-0.2, -0.15) is 0 Å². The van der Waals surface area contributed by atoms with Crippen molar-refractivity contribution in [2.45, 2.75) is 38.2 Å². The number of methoxy groups -OCH3 is 1. The topological polar surface area (TPSA) is 72.8 Å². The molecule has 0 aliphatic heterocycles. The van der Waals surface area contributed by atoms with Gasteiger partial charge in [0.05, 0.1) is 18.2 Å². The van der Waals surface area contributed by atoms with E-state index in [2.05, 4.69) is 6.92 Å². The third-order valence-electron chi connectivity index (χ3n) is 5.28. The monoisotopic (exact) mass is 406 g/mol. The van der Waals surface area contributed by atoms with E-state index in [9.17, 15) is 14.7 Å². The van der Waals surface area contributed by atoms with Crippen LogP contribution in [0.1, 0.15) is 48.5 Å². The maximum atomic E-state index is 12.9. The molecule has 1 unspecified atom stereocenters. The van der Waals surface area contributed by atoms with Gasteiger partial charge in [0.25, 0.3) is 0 Å². The van der Waals surface area contributed by atoms with E-state index in [1.54, 1.807) is 43.5 Å². The number of hydrogen-bond acceptors (Lipinski definition) is 4. The summed E-state index contributed by atoms with van der Waals surface area (Å²) in [5, 5.41) is 9.70. The van der Waals surface area contributed by atoms with Gasteiger partial charge < -0.3 is 14.6 Å². The van der Waals surface area contributed by atoms with Gasteiger partial charge >= 0.3 is 11.9 Å². The highest BCUT2D eigenvalue weighted by Crippen LogP contribution is 2.39. The summed E-state index contributed by atoms with van der Waals surface area (Å²) in [6.07, 6.45) is 6.03. The summed E-state index contributed by atoms with van der Waals surface area (Å²) in [6, 6.07) is 16.1. The SMILES string of the molecule is CCCCC1(OC(=O)c2ccc(OC)cc2)C=CC(C(=O)O)=C(c2ccccc2)C1. The van der Waals surface area contributed by atoms with Gasteiger partial charge in [-0.15, -0.1) is 0 Å². The molecule has 5 heteroatoms. The van der Waals surface area contributed by atoms with Gasteiger partial charge in [0, 0.05) is 6.42 Å². The largest absolute Gasteiger partial charge is 0.497 e. The Morgan fingerprint density at radius 3 is 2.37 bits per heavy atom.